The quantitative estimate of drug-likeness (QED) is 0.939. The van der Waals surface area contributed by atoms with Gasteiger partial charge in [0, 0.05) is 10.7 Å². The number of aryl methyl sites for hydroxylation is 2. The Bertz CT molecular complexity index is 552. The smallest absolute Gasteiger partial charge is 0.0716 e. The van der Waals surface area contributed by atoms with Crippen LogP contribution >= 0.6 is 15.9 Å². The lowest BCUT2D eigenvalue weighted by atomic mass is 9.99. The molecule has 1 heterocycles. The molecule has 94 valence electrons. The standard InChI is InChI=1S/C15H17BrN2/c1-10-5-6-12(8-11(10)2)9-14(17)15-13(16)4-3-7-18-15/h3-8,14H,9,17H2,1-2H3. The molecular formula is C15H17BrN2. The number of hydrogen-bond donors (Lipinski definition) is 1. The Morgan fingerprint density at radius 3 is 2.67 bits per heavy atom. The molecule has 0 aliphatic rings. The second-order valence-electron chi connectivity index (χ2n) is 4.60. The van der Waals surface area contributed by atoms with E-state index in [1.165, 1.54) is 16.7 Å². The molecule has 0 bridgehead atoms. The van der Waals surface area contributed by atoms with Crippen LogP contribution in [0.4, 0.5) is 0 Å². The molecule has 0 fully saturated rings. The van der Waals surface area contributed by atoms with Gasteiger partial charge < -0.3 is 5.73 Å². The van der Waals surface area contributed by atoms with Crippen molar-refractivity contribution in [3.05, 3.63) is 63.4 Å². The number of aromatic nitrogens is 1. The maximum atomic E-state index is 6.22. The van der Waals surface area contributed by atoms with E-state index in [1.807, 2.05) is 12.1 Å². The van der Waals surface area contributed by atoms with Crippen LogP contribution in [-0.2, 0) is 6.42 Å². The minimum atomic E-state index is -0.0809. The van der Waals surface area contributed by atoms with Crippen LogP contribution in [-0.4, -0.2) is 4.98 Å². The maximum Gasteiger partial charge on any atom is 0.0716 e. The first-order chi connectivity index (χ1) is 8.58. The largest absolute Gasteiger partial charge is 0.322 e. The van der Waals surface area contributed by atoms with E-state index in [4.69, 9.17) is 5.73 Å². The highest BCUT2D eigenvalue weighted by Crippen LogP contribution is 2.22. The van der Waals surface area contributed by atoms with Crippen LogP contribution in [0, 0.1) is 13.8 Å². The van der Waals surface area contributed by atoms with Crippen molar-refractivity contribution in [1.82, 2.24) is 4.98 Å². The molecule has 1 unspecified atom stereocenters. The van der Waals surface area contributed by atoms with E-state index in [1.54, 1.807) is 6.20 Å². The number of nitrogens with zero attached hydrogens (tertiary/aromatic N) is 1. The fourth-order valence-electron chi connectivity index (χ4n) is 1.95. The van der Waals surface area contributed by atoms with Gasteiger partial charge in [-0.15, -0.1) is 0 Å². The molecule has 18 heavy (non-hydrogen) atoms. The van der Waals surface area contributed by atoms with E-state index in [9.17, 15) is 0 Å². The topological polar surface area (TPSA) is 38.9 Å². The Kier molecular flexibility index (Phi) is 4.15. The predicted octanol–water partition coefficient (Wildman–Crippen LogP) is 3.70. The van der Waals surface area contributed by atoms with Gasteiger partial charge in [0.1, 0.15) is 0 Å². The summed E-state index contributed by atoms with van der Waals surface area (Å²) in [5.41, 5.74) is 11.0. The van der Waals surface area contributed by atoms with Crippen LogP contribution in [0.3, 0.4) is 0 Å². The number of pyridine rings is 1. The highest BCUT2D eigenvalue weighted by molar-refractivity contribution is 9.10. The van der Waals surface area contributed by atoms with E-state index in [-0.39, 0.29) is 6.04 Å². The van der Waals surface area contributed by atoms with Crippen molar-refractivity contribution < 1.29 is 0 Å². The zero-order chi connectivity index (χ0) is 13.1. The molecule has 0 saturated carbocycles. The van der Waals surface area contributed by atoms with E-state index in [0.29, 0.717) is 0 Å². The van der Waals surface area contributed by atoms with Crippen LogP contribution in [0.15, 0.2) is 41.0 Å². The molecule has 0 radical (unpaired) electrons. The molecule has 0 aliphatic carbocycles. The number of rotatable bonds is 3. The number of benzene rings is 1. The van der Waals surface area contributed by atoms with Crippen LogP contribution in [0.25, 0.3) is 0 Å². The third-order valence-electron chi connectivity index (χ3n) is 3.17. The molecular weight excluding hydrogens is 288 g/mol. The molecule has 2 nitrogen and oxygen atoms in total. The summed E-state index contributed by atoms with van der Waals surface area (Å²) in [4.78, 5) is 4.34. The molecule has 0 aliphatic heterocycles. The second-order valence-corrected chi connectivity index (χ2v) is 5.45. The Morgan fingerprint density at radius 1 is 1.22 bits per heavy atom. The zero-order valence-electron chi connectivity index (χ0n) is 10.7. The predicted molar refractivity (Wildman–Crippen MR) is 78.5 cm³/mol. The summed E-state index contributed by atoms with van der Waals surface area (Å²) in [5.74, 6) is 0. The number of hydrogen-bond acceptors (Lipinski definition) is 2. The Labute approximate surface area is 116 Å². The average molecular weight is 305 g/mol. The van der Waals surface area contributed by atoms with Gasteiger partial charge in [-0.05, 0) is 65.0 Å². The van der Waals surface area contributed by atoms with Gasteiger partial charge in [0.2, 0.25) is 0 Å². The van der Waals surface area contributed by atoms with Crippen LogP contribution in [0.5, 0.6) is 0 Å². The normalized spacial score (nSPS) is 12.4. The van der Waals surface area contributed by atoms with Gasteiger partial charge in [0.05, 0.1) is 11.7 Å². The van der Waals surface area contributed by atoms with Crippen molar-refractivity contribution in [2.75, 3.05) is 0 Å². The summed E-state index contributed by atoms with van der Waals surface area (Å²) in [6.45, 7) is 4.25. The van der Waals surface area contributed by atoms with E-state index in [0.717, 1.165) is 16.6 Å². The van der Waals surface area contributed by atoms with Crippen molar-refractivity contribution in [2.24, 2.45) is 5.73 Å². The fourth-order valence-corrected chi connectivity index (χ4v) is 2.50. The van der Waals surface area contributed by atoms with Crippen molar-refractivity contribution in [3.63, 3.8) is 0 Å². The maximum absolute atomic E-state index is 6.22. The van der Waals surface area contributed by atoms with Gasteiger partial charge in [-0.3, -0.25) is 4.98 Å². The van der Waals surface area contributed by atoms with Gasteiger partial charge >= 0.3 is 0 Å². The summed E-state index contributed by atoms with van der Waals surface area (Å²) < 4.78 is 0.973. The first-order valence-corrected chi connectivity index (χ1v) is 6.79. The van der Waals surface area contributed by atoms with Crippen LogP contribution < -0.4 is 5.73 Å². The highest BCUT2D eigenvalue weighted by Gasteiger charge is 2.12. The molecule has 1 atom stereocenters. The summed E-state index contributed by atoms with van der Waals surface area (Å²) in [6, 6.07) is 10.3. The third-order valence-corrected chi connectivity index (χ3v) is 3.84. The van der Waals surface area contributed by atoms with Crippen LogP contribution in [0.2, 0.25) is 0 Å². The van der Waals surface area contributed by atoms with Gasteiger partial charge in [-0.2, -0.15) is 0 Å². The minimum absolute atomic E-state index is 0.0809. The zero-order valence-corrected chi connectivity index (χ0v) is 12.2. The lowest BCUT2D eigenvalue weighted by Crippen LogP contribution is -2.15. The first-order valence-electron chi connectivity index (χ1n) is 6.00. The molecule has 3 heteroatoms. The van der Waals surface area contributed by atoms with Gasteiger partial charge in [-0.25, -0.2) is 0 Å². The summed E-state index contributed by atoms with van der Waals surface area (Å²) in [6.07, 6.45) is 2.58. The van der Waals surface area contributed by atoms with Crippen molar-refractivity contribution in [1.29, 1.82) is 0 Å². The van der Waals surface area contributed by atoms with E-state index >= 15 is 0 Å². The molecule has 2 N–H and O–H groups in total. The Morgan fingerprint density at radius 2 is 2.00 bits per heavy atom. The monoisotopic (exact) mass is 304 g/mol. The number of nitrogens with two attached hydrogens (primary N) is 1. The second kappa shape index (κ2) is 5.63. The van der Waals surface area contributed by atoms with Crippen molar-refractivity contribution in [2.45, 2.75) is 26.3 Å². The van der Waals surface area contributed by atoms with Gasteiger partial charge in [-0.1, -0.05) is 18.2 Å². The van der Waals surface area contributed by atoms with Crippen molar-refractivity contribution >= 4 is 15.9 Å². The first kappa shape index (κ1) is 13.2. The SMILES string of the molecule is Cc1ccc(CC(N)c2ncccc2Br)cc1C. The summed E-state index contributed by atoms with van der Waals surface area (Å²) >= 11 is 3.49. The van der Waals surface area contributed by atoms with Gasteiger partial charge in [0.25, 0.3) is 0 Å². The third kappa shape index (κ3) is 2.98. The van der Waals surface area contributed by atoms with E-state index < -0.39 is 0 Å². The Hall–Kier alpha value is -1.19. The molecule has 0 amide bonds. The van der Waals surface area contributed by atoms with E-state index in [2.05, 4.69) is 53.0 Å². The number of halogens is 1. The molecule has 0 spiro atoms. The molecule has 2 rings (SSSR count). The molecule has 0 saturated heterocycles. The Balaban J connectivity index is 2.19. The lowest BCUT2D eigenvalue weighted by Gasteiger charge is -2.13. The minimum Gasteiger partial charge on any atom is -0.322 e. The van der Waals surface area contributed by atoms with Crippen molar-refractivity contribution in [3.8, 4) is 0 Å². The summed E-state index contributed by atoms with van der Waals surface area (Å²) in [7, 11) is 0. The fraction of sp³-hybridized carbons (Fsp3) is 0.267. The molecule has 2 aromatic rings. The molecule has 1 aromatic heterocycles. The highest BCUT2D eigenvalue weighted by atomic mass is 79.9. The van der Waals surface area contributed by atoms with Crippen LogP contribution in [0.1, 0.15) is 28.4 Å². The lowest BCUT2D eigenvalue weighted by molar-refractivity contribution is 0.692. The average Bonchev–Trinajstić information content (AvgIpc) is 2.34. The van der Waals surface area contributed by atoms with Gasteiger partial charge in [0.15, 0.2) is 0 Å². The summed E-state index contributed by atoms with van der Waals surface area (Å²) in [5, 5.41) is 0. The molecule has 1 aromatic carbocycles.